The summed E-state index contributed by atoms with van der Waals surface area (Å²) in [4.78, 5) is 12.9. The van der Waals surface area contributed by atoms with Gasteiger partial charge in [0.25, 0.3) is 0 Å². The van der Waals surface area contributed by atoms with Gasteiger partial charge in [-0.25, -0.2) is 4.79 Å². The first-order chi connectivity index (χ1) is 6.61. The molecule has 1 aliphatic rings. The number of amides is 1. The van der Waals surface area contributed by atoms with Crippen molar-refractivity contribution >= 4 is 6.09 Å². The highest BCUT2D eigenvalue weighted by Gasteiger charge is 2.34. The second-order valence-corrected chi connectivity index (χ2v) is 3.79. The van der Waals surface area contributed by atoms with Gasteiger partial charge in [-0.3, -0.25) is 0 Å². The van der Waals surface area contributed by atoms with Crippen LogP contribution < -0.4 is 5.73 Å². The smallest absolute Gasteiger partial charge is 0.409 e. The molecule has 1 aliphatic heterocycles. The van der Waals surface area contributed by atoms with Crippen molar-refractivity contribution in [2.75, 3.05) is 33.9 Å². The lowest BCUT2D eigenvalue weighted by atomic mass is 9.91. The van der Waals surface area contributed by atoms with E-state index in [4.69, 9.17) is 10.5 Å². The van der Waals surface area contributed by atoms with Crippen LogP contribution in [0.25, 0.3) is 0 Å². The van der Waals surface area contributed by atoms with Crippen LogP contribution in [0.3, 0.4) is 0 Å². The van der Waals surface area contributed by atoms with E-state index < -0.39 is 5.54 Å². The number of nitrogens with two attached hydrogens (primary N) is 1. The maximum Gasteiger partial charge on any atom is 0.409 e. The van der Waals surface area contributed by atoms with Crippen molar-refractivity contribution in [1.82, 2.24) is 4.90 Å². The predicted octanol–water partition coefficient (Wildman–Crippen LogP) is 0.193. The summed E-state index contributed by atoms with van der Waals surface area (Å²) >= 11 is 0. The van der Waals surface area contributed by atoms with Gasteiger partial charge in [-0.05, 0) is 12.8 Å². The zero-order valence-electron chi connectivity index (χ0n) is 8.78. The van der Waals surface area contributed by atoms with Gasteiger partial charge in [0.2, 0.25) is 0 Å². The van der Waals surface area contributed by atoms with Crippen LogP contribution in [-0.4, -0.2) is 50.4 Å². The van der Waals surface area contributed by atoms with Crippen LogP contribution in [0.15, 0.2) is 0 Å². The monoisotopic (exact) mass is 202 g/mol. The molecule has 0 aliphatic carbocycles. The highest BCUT2D eigenvalue weighted by Crippen LogP contribution is 2.19. The van der Waals surface area contributed by atoms with Crippen LogP contribution in [0.4, 0.5) is 4.79 Å². The molecule has 0 spiro atoms. The molecule has 0 radical (unpaired) electrons. The normalized spacial score (nSPS) is 27.5. The summed E-state index contributed by atoms with van der Waals surface area (Å²) in [5.74, 6) is 0. The number of hydrogen-bond acceptors (Lipinski definition) is 4. The molecule has 1 saturated heterocycles. The maximum absolute atomic E-state index is 11.3. The fraction of sp³-hybridized carbons (Fsp3) is 0.889. The summed E-state index contributed by atoms with van der Waals surface area (Å²) < 4.78 is 9.69. The second-order valence-electron chi connectivity index (χ2n) is 3.79. The molecule has 1 rings (SSSR count). The fourth-order valence-electron chi connectivity index (χ4n) is 1.85. The second kappa shape index (κ2) is 4.61. The molecule has 0 saturated carbocycles. The van der Waals surface area contributed by atoms with Gasteiger partial charge >= 0.3 is 6.09 Å². The number of piperidine rings is 1. The molecule has 5 heteroatoms. The van der Waals surface area contributed by atoms with Crippen LogP contribution in [0.5, 0.6) is 0 Å². The number of likely N-dealkylation sites (tertiary alicyclic amines) is 1. The van der Waals surface area contributed by atoms with Crippen molar-refractivity contribution in [2.24, 2.45) is 5.73 Å². The summed E-state index contributed by atoms with van der Waals surface area (Å²) in [6.07, 6.45) is 1.47. The van der Waals surface area contributed by atoms with Crippen LogP contribution >= 0.6 is 0 Å². The number of methoxy groups -OCH3 is 2. The van der Waals surface area contributed by atoms with Crippen molar-refractivity contribution in [3.8, 4) is 0 Å². The predicted molar refractivity (Wildman–Crippen MR) is 52.0 cm³/mol. The van der Waals surface area contributed by atoms with Gasteiger partial charge in [0.1, 0.15) is 0 Å². The molecule has 14 heavy (non-hydrogen) atoms. The Morgan fingerprint density at radius 2 is 2.29 bits per heavy atom. The van der Waals surface area contributed by atoms with E-state index in [9.17, 15) is 4.79 Å². The van der Waals surface area contributed by atoms with Gasteiger partial charge in [-0.15, -0.1) is 0 Å². The number of hydrogen-bond donors (Lipinski definition) is 1. The van der Waals surface area contributed by atoms with Crippen molar-refractivity contribution < 1.29 is 14.3 Å². The van der Waals surface area contributed by atoms with Gasteiger partial charge < -0.3 is 20.1 Å². The Labute approximate surface area is 84.1 Å². The van der Waals surface area contributed by atoms with Crippen LogP contribution in [0, 0.1) is 0 Å². The molecule has 1 heterocycles. The Kier molecular flexibility index (Phi) is 3.71. The lowest BCUT2D eigenvalue weighted by Crippen LogP contribution is -2.58. The average molecular weight is 202 g/mol. The summed E-state index contributed by atoms with van der Waals surface area (Å²) in [5, 5.41) is 0. The van der Waals surface area contributed by atoms with Crippen molar-refractivity contribution in [2.45, 2.75) is 18.4 Å². The third-order valence-corrected chi connectivity index (χ3v) is 2.47. The van der Waals surface area contributed by atoms with Crippen molar-refractivity contribution in [1.29, 1.82) is 0 Å². The number of rotatable bonds is 2. The zero-order chi connectivity index (χ0) is 10.6. The molecule has 0 bridgehead atoms. The van der Waals surface area contributed by atoms with Crippen LogP contribution in [-0.2, 0) is 9.47 Å². The van der Waals surface area contributed by atoms with E-state index in [-0.39, 0.29) is 6.09 Å². The molecule has 1 amide bonds. The summed E-state index contributed by atoms with van der Waals surface area (Å²) in [5.41, 5.74) is 5.66. The minimum atomic E-state index is -0.415. The third kappa shape index (κ3) is 2.59. The first-order valence-corrected chi connectivity index (χ1v) is 4.72. The van der Waals surface area contributed by atoms with Crippen LogP contribution in [0.2, 0.25) is 0 Å². The van der Waals surface area contributed by atoms with E-state index in [0.29, 0.717) is 13.2 Å². The molecule has 0 aromatic carbocycles. The maximum atomic E-state index is 11.3. The number of carbonyl (C=O) groups is 1. The van der Waals surface area contributed by atoms with Gasteiger partial charge in [0.05, 0.1) is 19.3 Å². The summed E-state index contributed by atoms with van der Waals surface area (Å²) in [6, 6.07) is 0. The largest absolute Gasteiger partial charge is 0.453 e. The van der Waals surface area contributed by atoms with Crippen molar-refractivity contribution in [3.63, 3.8) is 0 Å². The lowest BCUT2D eigenvalue weighted by Gasteiger charge is -2.38. The molecule has 1 unspecified atom stereocenters. The van der Waals surface area contributed by atoms with Gasteiger partial charge in [0, 0.05) is 20.2 Å². The van der Waals surface area contributed by atoms with E-state index in [0.717, 1.165) is 19.4 Å². The topological polar surface area (TPSA) is 64.8 Å². The Hall–Kier alpha value is -0.810. The van der Waals surface area contributed by atoms with E-state index in [2.05, 4.69) is 4.74 Å². The van der Waals surface area contributed by atoms with Gasteiger partial charge in [-0.2, -0.15) is 0 Å². The van der Waals surface area contributed by atoms with Crippen molar-refractivity contribution in [3.05, 3.63) is 0 Å². The molecule has 82 valence electrons. The Balaban J connectivity index is 2.54. The zero-order valence-corrected chi connectivity index (χ0v) is 8.78. The molecule has 0 aromatic heterocycles. The quantitative estimate of drug-likeness (QED) is 0.694. The standard InChI is InChI=1S/C9H18N2O3/c1-13-7-9(10)4-3-5-11(6-9)8(12)14-2/h3-7,10H2,1-2H3. The van der Waals surface area contributed by atoms with Gasteiger partial charge in [0.15, 0.2) is 0 Å². The first-order valence-electron chi connectivity index (χ1n) is 4.72. The molecule has 2 N–H and O–H groups in total. The Morgan fingerprint density at radius 3 is 2.86 bits per heavy atom. The molecule has 1 fully saturated rings. The Bertz CT molecular complexity index is 206. The Morgan fingerprint density at radius 1 is 1.57 bits per heavy atom. The third-order valence-electron chi connectivity index (χ3n) is 2.47. The van der Waals surface area contributed by atoms with E-state index in [1.165, 1.54) is 7.11 Å². The highest BCUT2D eigenvalue weighted by atomic mass is 16.5. The molecule has 5 nitrogen and oxygen atoms in total. The van der Waals surface area contributed by atoms with E-state index in [1.54, 1.807) is 12.0 Å². The minimum Gasteiger partial charge on any atom is -0.453 e. The van der Waals surface area contributed by atoms with Gasteiger partial charge in [-0.1, -0.05) is 0 Å². The first kappa shape index (κ1) is 11.3. The molecular formula is C9H18N2O3. The molecule has 0 aromatic rings. The van der Waals surface area contributed by atoms with Crippen LogP contribution in [0.1, 0.15) is 12.8 Å². The fourth-order valence-corrected chi connectivity index (χ4v) is 1.85. The minimum absolute atomic E-state index is 0.310. The summed E-state index contributed by atoms with van der Waals surface area (Å²) in [7, 11) is 3.00. The number of ether oxygens (including phenoxy) is 2. The lowest BCUT2D eigenvalue weighted by molar-refractivity contribution is 0.0581. The summed E-state index contributed by atoms with van der Waals surface area (Å²) in [6.45, 7) is 1.70. The SMILES string of the molecule is COCC1(N)CCCN(C(=O)OC)C1. The number of nitrogens with zero attached hydrogens (tertiary/aromatic N) is 1. The average Bonchev–Trinajstić information content (AvgIpc) is 2.16. The molecule has 1 atom stereocenters. The molecular weight excluding hydrogens is 184 g/mol. The van der Waals surface area contributed by atoms with E-state index in [1.807, 2.05) is 0 Å². The number of carbonyl (C=O) groups excluding carboxylic acids is 1. The highest BCUT2D eigenvalue weighted by molar-refractivity contribution is 5.67. The van der Waals surface area contributed by atoms with E-state index >= 15 is 0 Å².